The Bertz CT molecular complexity index is 513. The average molecular weight is 245 g/mol. The molecule has 17 heavy (non-hydrogen) atoms. The van der Waals surface area contributed by atoms with E-state index >= 15 is 0 Å². The van der Waals surface area contributed by atoms with Crippen molar-refractivity contribution in [3.8, 4) is 0 Å². The van der Waals surface area contributed by atoms with Crippen molar-refractivity contribution in [1.82, 2.24) is 4.98 Å². The number of ketones is 1. The van der Waals surface area contributed by atoms with Gasteiger partial charge in [0.2, 0.25) is 0 Å². The quantitative estimate of drug-likeness (QED) is 0.772. The molecule has 2 nitrogen and oxygen atoms in total. The van der Waals surface area contributed by atoms with E-state index in [2.05, 4.69) is 11.9 Å². The fourth-order valence-electron chi connectivity index (χ4n) is 1.65. The lowest BCUT2D eigenvalue weighted by Crippen LogP contribution is -2.03. The van der Waals surface area contributed by atoms with Gasteiger partial charge in [-0.2, -0.15) is 0 Å². The minimum atomic E-state index is 0.141. The third-order valence-electron chi connectivity index (χ3n) is 2.66. The van der Waals surface area contributed by atoms with Crippen molar-refractivity contribution in [2.45, 2.75) is 26.7 Å². The molecule has 1 aromatic carbocycles. The molecule has 0 atom stereocenters. The maximum atomic E-state index is 12.0. The second kappa shape index (κ2) is 5.23. The van der Waals surface area contributed by atoms with Crippen LogP contribution in [-0.4, -0.2) is 10.8 Å². The molecule has 3 heteroatoms. The van der Waals surface area contributed by atoms with Crippen LogP contribution in [0.4, 0.5) is 0 Å². The van der Waals surface area contributed by atoms with Crippen LogP contribution in [-0.2, 0) is 12.8 Å². The van der Waals surface area contributed by atoms with Crippen LogP contribution >= 0.6 is 11.3 Å². The smallest absolute Gasteiger partial charge is 0.169 e. The highest BCUT2D eigenvalue weighted by Gasteiger charge is 2.09. The van der Waals surface area contributed by atoms with Crippen molar-refractivity contribution in [2.24, 2.45) is 0 Å². The average Bonchev–Trinajstić information content (AvgIpc) is 2.75. The van der Waals surface area contributed by atoms with Gasteiger partial charge in [0.1, 0.15) is 5.01 Å². The van der Waals surface area contributed by atoms with Crippen molar-refractivity contribution in [3.05, 3.63) is 51.5 Å². The summed E-state index contributed by atoms with van der Waals surface area (Å²) in [6, 6.07) is 7.84. The molecule has 0 aliphatic rings. The number of hydrogen-bond acceptors (Lipinski definition) is 3. The highest BCUT2D eigenvalue weighted by atomic mass is 32.1. The maximum Gasteiger partial charge on any atom is 0.169 e. The molecule has 0 saturated carbocycles. The minimum absolute atomic E-state index is 0.141. The van der Waals surface area contributed by atoms with Gasteiger partial charge < -0.3 is 0 Å². The molecule has 0 bridgehead atoms. The molecule has 0 amide bonds. The number of nitrogens with zero attached hydrogens (tertiary/aromatic N) is 1. The van der Waals surface area contributed by atoms with Gasteiger partial charge >= 0.3 is 0 Å². The maximum absolute atomic E-state index is 12.0. The van der Waals surface area contributed by atoms with Crippen LogP contribution in [0.5, 0.6) is 0 Å². The van der Waals surface area contributed by atoms with E-state index in [-0.39, 0.29) is 5.78 Å². The summed E-state index contributed by atoms with van der Waals surface area (Å²) in [5.41, 5.74) is 3.01. The summed E-state index contributed by atoms with van der Waals surface area (Å²) in [6.45, 7) is 4.05. The molecule has 0 N–H and O–H groups in total. The first-order chi connectivity index (χ1) is 8.19. The minimum Gasteiger partial charge on any atom is -0.294 e. The molecule has 2 rings (SSSR count). The molecule has 0 radical (unpaired) electrons. The largest absolute Gasteiger partial charge is 0.294 e. The molecule has 88 valence electrons. The van der Waals surface area contributed by atoms with Gasteiger partial charge in [0.25, 0.3) is 0 Å². The number of carbonyl (C=O) groups is 1. The number of hydrogen-bond donors (Lipinski definition) is 0. The summed E-state index contributed by atoms with van der Waals surface area (Å²) >= 11 is 1.55. The molecule has 0 fully saturated rings. The Hall–Kier alpha value is -1.48. The number of carbonyl (C=O) groups excluding carboxylic acids is 1. The van der Waals surface area contributed by atoms with Gasteiger partial charge in [0.05, 0.1) is 6.42 Å². The number of benzene rings is 1. The third kappa shape index (κ3) is 3.01. The van der Waals surface area contributed by atoms with Crippen LogP contribution in [0.3, 0.4) is 0 Å². The Morgan fingerprint density at radius 2 is 2.00 bits per heavy atom. The summed E-state index contributed by atoms with van der Waals surface area (Å²) in [4.78, 5) is 16.3. The lowest BCUT2D eigenvalue weighted by Gasteiger charge is -2.00. The first-order valence-electron chi connectivity index (χ1n) is 5.72. The van der Waals surface area contributed by atoms with Gasteiger partial charge in [-0.25, -0.2) is 4.98 Å². The number of rotatable bonds is 4. The summed E-state index contributed by atoms with van der Waals surface area (Å²) in [7, 11) is 0. The SMILES string of the molecule is CCc1ccc(C(=O)Cc2nc(C)cs2)cc1. The van der Waals surface area contributed by atoms with Crippen LogP contribution in [0, 0.1) is 6.92 Å². The normalized spacial score (nSPS) is 10.5. The number of aryl methyl sites for hydroxylation is 2. The monoisotopic (exact) mass is 245 g/mol. The summed E-state index contributed by atoms with van der Waals surface area (Å²) in [5.74, 6) is 0.141. The van der Waals surface area contributed by atoms with Crippen LogP contribution < -0.4 is 0 Å². The topological polar surface area (TPSA) is 30.0 Å². The van der Waals surface area contributed by atoms with Crippen molar-refractivity contribution in [3.63, 3.8) is 0 Å². The molecule has 0 unspecified atom stereocenters. The lowest BCUT2D eigenvalue weighted by atomic mass is 10.1. The molecular weight excluding hydrogens is 230 g/mol. The highest BCUT2D eigenvalue weighted by Crippen LogP contribution is 2.13. The number of Topliss-reactive ketones (excluding diaryl/α,β-unsaturated/α-hetero) is 1. The molecule has 0 saturated heterocycles. The molecule has 2 aromatic rings. The fourth-order valence-corrected chi connectivity index (χ4v) is 2.42. The fraction of sp³-hybridized carbons (Fsp3) is 0.286. The zero-order valence-corrected chi connectivity index (χ0v) is 10.9. The van der Waals surface area contributed by atoms with Crippen molar-refractivity contribution >= 4 is 17.1 Å². The van der Waals surface area contributed by atoms with E-state index in [9.17, 15) is 4.79 Å². The molecule has 0 spiro atoms. The Morgan fingerprint density at radius 1 is 1.29 bits per heavy atom. The first kappa shape index (κ1) is 12.0. The zero-order chi connectivity index (χ0) is 12.3. The standard InChI is InChI=1S/C14H15NOS/c1-3-11-4-6-12(7-5-11)13(16)8-14-15-10(2)9-17-14/h4-7,9H,3,8H2,1-2H3. The molecule has 1 heterocycles. The number of aromatic nitrogens is 1. The van der Waals surface area contributed by atoms with E-state index in [1.165, 1.54) is 5.56 Å². The third-order valence-corrected chi connectivity index (χ3v) is 3.63. The van der Waals surface area contributed by atoms with Crippen LogP contribution in [0.15, 0.2) is 29.6 Å². The predicted molar refractivity (Wildman–Crippen MR) is 70.7 cm³/mol. The Morgan fingerprint density at radius 3 is 2.53 bits per heavy atom. The van der Waals surface area contributed by atoms with Crippen molar-refractivity contribution < 1.29 is 4.79 Å². The van der Waals surface area contributed by atoms with Crippen molar-refractivity contribution in [2.75, 3.05) is 0 Å². The number of thiazole rings is 1. The Labute approximate surface area is 105 Å². The van der Waals surface area contributed by atoms with E-state index in [1.54, 1.807) is 11.3 Å². The predicted octanol–water partition coefficient (Wildman–Crippen LogP) is 3.44. The van der Waals surface area contributed by atoms with Gasteiger partial charge in [0.15, 0.2) is 5.78 Å². The molecular formula is C14H15NOS. The van der Waals surface area contributed by atoms with E-state index in [0.717, 1.165) is 22.7 Å². The van der Waals surface area contributed by atoms with E-state index in [1.807, 2.05) is 36.6 Å². The van der Waals surface area contributed by atoms with Gasteiger partial charge in [-0.1, -0.05) is 31.2 Å². The highest BCUT2D eigenvalue weighted by molar-refractivity contribution is 7.09. The van der Waals surface area contributed by atoms with Crippen LogP contribution in [0.1, 0.15) is 33.5 Å². The zero-order valence-electron chi connectivity index (χ0n) is 10.1. The van der Waals surface area contributed by atoms with E-state index in [4.69, 9.17) is 0 Å². The van der Waals surface area contributed by atoms with Crippen molar-refractivity contribution in [1.29, 1.82) is 0 Å². The Balaban J connectivity index is 2.09. The van der Waals surface area contributed by atoms with Gasteiger partial charge in [0, 0.05) is 16.6 Å². The lowest BCUT2D eigenvalue weighted by molar-refractivity contribution is 0.0993. The summed E-state index contributed by atoms with van der Waals surface area (Å²) < 4.78 is 0. The first-order valence-corrected chi connectivity index (χ1v) is 6.60. The molecule has 0 aliphatic carbocycles. The Kier molecular flexibility index (Phi) is 3.69. The summed E-state index contributed by atoms with van der Waals surface area (Å²) in [5, 5.41) is 2.87. The van der Waals surface area contributed by atoms with Gasteiger partial charge in [-0.3, -0.25) is 4.79 Å². The summed E-state index contributed by atoms with van der Waals surface area (Å²) in [6.07, 6.45) is 1.41. The van der Waals surface area contributed by atoms with Gasteiger partial charge in [-0.05, 0) is 18.9 Å². The van der Waals surface area contributed by atoms with E-state index < -0.39 is 0 Å². The molecule has 0 aliphatic heterocycles. The van der Waals surface area contributed by atoms with Crippen LogP contribution in [0.25, 0.3) is 0 Å². The van der Waals surface area contributed by atoms with Gasteiger partial charge in [-0.15, -0.1) is 11.3 Å². The van der Waals surface area contributed by atoms with E-state index in [0.29, 0.717) is 6.42 Å². The second-order valence-corrected chi connectivity index (χ2v) is 4.98. The molecule has 1 aromatic heterocycles. The van der Waals surface area contributed by atoms with Crippen LogP contribution in [0.2, 0.25) is 0 Å². The second-order valence-electron chi connectivity index (χ2n) is 4.03.